The summed E-state index contributed by atoms with van der Waals surface area (Å²) >= 11 is 0. The fourth-order valence-electron chi connectivity index (χ4n) is 2.24. The third-order valence-electron chi connectivity index (χ3n) is 3.34. The lowest BCUT2D eigenvalue weighted by molar-refractivity contribution is 0.422. The van der Waals surface area contributed by atoms with Crippen molar-refractivity contribution in [2.24, 2.45) is 0 Å². The second-order valence-electron chi connectivity index (χ2n) is 4.59. The van der Waals surface area contributed by atoms with Gasteiger partial charge in [0.1, 0.15) is 11.6 Å². The van der Waals surface area contributed by atoms with E-state index in [1.54, 1.807) is 6.92 Å². The van der Waals surface area contributed by atoms with Gasteiger partial charge in [0.2, 0.25) is 0 Å². The van der Waals surface area contributed by atoms with Crippen molar-refractivity contribution in [3.8, 4) is 0 Å². The normalized spacial score (nSPS) is 14.7. The largest absolute Gasteiger partial charge is 0.307 e. The van der Waals surface area contributed by atoms with Crippen LogP contribution in [0, 0.1) is 6.92 Å². The number of hydrogen-bond donors (Lipinski definition) is 1. The summed E-state index contributed by atoms with van der Waals surface area (Å²) in [5.41, 5.74) is 2.03. The van der Waals surface area contributed by atoms with Crippen LogP contribution in [0.4, 0.5) is 4.39 Å². The van der Waals surface area contributed by atoms with Crippen LogP contribution >= 0.6 is 0 Å². The molecule has 0 fully saturated rings. The molecule has 1 aliphatic heterocycles. The molecule has 0 amide bonds. The van der Waals surface area contributed by atoms with Crippen LogP contribution in [0.25, 0.3) is 0 Å². The van der Waals surface area contributed by atoms with Crippen molar-refractivity contribution >= 4 is 10.0 Å². The highest BCUT2D eigenvalue weighted by Crippen LogP contribution is 2.20. The van der Waals surface area contributed by atoms with Gasteiger partial charge in [0.15, 0.2) is 0 Å². The third kappa shape index (κ3) is 1.93. The summed E-state index contributed by atoms with van der Waals surface area (Å²) in [5.74, 6) is 0. The van der Waals surface area contributed by atoms with Gasteiger partial charge in [-0.05, 0) is 6.92 Å². The minimum atomic E-state index is -3.77. The first kappa shape index (κ1) is 13.3. The average Bonchev–Trinajstić information content (AvgIpc) is 3.04. The summed E-state index contributed by atoms with van der Waals surface area (Å²) in [4.78, 5) is 0.0556. The standard InChI is InChI=1S/C11H14FN5O2S/c1-8-11(6-14-16(8)3-2-12)20(18,19)17-7-9-4-13-5-10(9)15-17/h6-7,13H,2-5H2,1H3. The fourth-order valence-corrected chi connectivity index (χ4v) is 3.58. The van der Waals surface area contributed by atoms with Crippen molar-refractivity contribution in [2.45, 2.75) is 31.5 Å². The molecular weight excluding hydrogens is 285 g/mol. The monoisotopic (exact) mass is 299 g/mol. The zero-order chi connectivity index (χ0) is 14.3. The van der Waals surface area contributed by atoms with Crippen LogP contribution in [0.3, 0.4) is 0 Å². The fraction of sp³-hybridized carbons (Fsp3) is 0.455. The Hall–Kier alpha value is -1.74. The van der Waals surface area contributed by atoms with Crippen molar-refractivity contribution < 1.29 is 12.8 Å². The molecule has 0 atom stereocenters. The molecule has 0 unspecified atom stereocenters. The van der Waals surface area contributed by atoms with Crippen LogP contribution in [0.15, 0.2) is 17.3 Å². The van der Waals surface area contributed by atoms with E-state index >= 15 is 0 Å². The summed E-state index contributed by atoms with van der Waals surface area (Å²) in [5, 5.41) is 11.1. The molecule has 0 saturated heterocycles. The summed E-state index contributed by atoms with van der Waals surface area (Å²) in [6.07, 6.45) is 2.75. The van der Waals surface area contributed by atoms with Crippen LogP contribution in [0.2, 0.25) is 0 Å². The number of rotatable bonds is 4. The highest BCUT2D eigenvalue weighted by molar-refractivity contribution is 7.89. The minimum Gasteiger partial charge on any atom is -0.307 e. The molecule has 2 aromatic rings. The highest BCUT2D eigenvalue weighted by atomic mass is 32.2. The molecule has 0 spiro atoms. The first-order valence-corrected chi connectivity index (χ1v) is 7.60. The van der Waals surface area contributed by atoms with Gasteiger partial charge in [-0.3, -0.25) is 4.68 Å². The second-order valence-corrected chi connectivity index (χ2v) is 6.35. The zero-order valence-electron chi connectivity index (χ0n) is 10.9. The molecule has 108 valence electrons. The Kier molecular flexibility index (Phi) is 3.09. The van der Waals surface area contributed by atoms with Crippen molar-refractivity contribution in [2.75, 3.05) is 6.67 Å². The van der Waals surface area contributed by atoms with Crippen molar-refractivity contribution in [1.82, 2.24) is 24.3 Å². The second kappa shape index (κ2) is 4.67. The van der Waals surface area contributed by atoms with Crippen LogP contribution in [-0.4, -0.2) is 34.1 Å². The molecule has 7 nitrogen and oxygen atoms in total. The predicted octanol–water partition coefficient (Wildman–Crippen LogP) is 0.198. The first-order valence-electron chi connectivity index (χ1n) is 6.16. The number of nitrogens with one attached hydrogen (secondary N) is 1. The summed E-state index contributed by atoms with van der Waals surface area (Å²) in [6.45, 7) is 2.24. The van der Waals surface area contributed by atoms with Gasteiger partial charge in [-0.1, -0.05) is 0 Å². The van der Waals surface area contributed by atoms with E-state index < -0.39 is 16.7 Å². The Morgan fingerprint density at radius 1 is 1.45 bits per heavy atom. The van der Waals surface area contributed by atoms with Gasteiger partial charge < -0.3 is 5.32 Å². The molecule has 1 aliphatic rings. The minimum absolute atomic E-state index is 0.0425. The molecule has 9 heteroatoms. The van der Waals surface area contributed by atoms with Crippen LogP contribution in [-0.2, 0) is 29.7 Å². The van der Waals surface area contributed by atoms with E-state index in [1.807, 2.05) is 0 Å². The molecule has 0 radical (unpaired) electrons. The zero-order valence-corrected chi connectivity index (χ0v) is 11.7. The summed E-state index contributed by atoms with van der Waals surface area (Å²) < 4.78 is 39.7. The van der Waals surface area contributed by atoms with E-state index in [9.17, 15) is 12.8 Å². The average molecular weight is 299 g/mol. The van der Waals surface area contributed by atoms with Crippen molar-refractivity contribution in [3.05, 3.63) is 29.3 Å². The van der Waals surface area contributed by atoms with E-state index in [0.717, 1.165) is 15.3 Å². The predicted molar refractivity (Wildman–Crippen MR) is 68.3 cm³/mol. The molecule has 0 saturated carbocycles. The number of alkyl halides is 1. The molecule has 3 rings (SSSR count). The molecular formula is C11H14FN5O2S. The Labute approximate surface area is 115 Å². The van der Waals surface area contributed by atoms with E-state index in [2.05, 4.69) is 15.5 Å². The molecule has 20 heavy (non-hydrogen) atoms. The number of aromatic nitrogens is 4. The Balaban J connectivity index is 2.03. The summed E-state index contributed by atoms with van der Waals surface area (Å²) in [7, 11) is -3.77. The molecule has 3 heterocycles. The third-order valence-corrected chi connectivity index (χ3v) is 4.98. The van der Waals surface area contributed by atoms with Gasteiger partial charge in [0.05, 0.1) is 24.1 Å². The smallest absolute Gasteiger partial charge is 0.286 e. The van der Waals surface area contributed by atoms with Crippen LogP contribution in [0.5, 0.6) is 0 Å². The maximum atomic E-state index is 12.5. The number of fused-ring (bicyclic) bond motifs is 1. The molecule has 1 N–H and O–H groups in total. The number of hydrogen-bond acceptors (Lipinski definition) is 5. The summed E-state index contributed by atoms with van der Waals surface area (Å²) in [6, 6.07) is 0. The van der Waals surface area contributed by atoms with Gasteiger partial charge >= 0.3 is 0 Å². The van der Waals surface area contributed by atoms with Crippen LogP contribution < -0.4 is 5.32 Å². The van der Waals surface area contributed by atoms with Gasteiger partial charge in [-0.2, -0.15) is 22.7 Å². The number of halogens is 1. The SMILES string of the molecule is Cc1c(S(=O)(=O)n2cc3c(n2)CNC3)cnn1CCF. The maximum Gasteiger partial charge on any atom is 0.286 e. The molecule has 0 aromatic carbocycles. The van der Waals surface area contributed by atoms with E-state index in [1.165, 1.54) is 17.1 Å². The molecule has 2 aromatic heterocycles. The number of nitrogens with zero attached hydrogens (tertiary/aromatic N) is 4. The lowest BCUT2D eigenvalue weighted by atomic mass is 10.3. The van der Waals surface area contributed by atoms with E-state index in [4.69, 9.17) is 0 Å². The number of aryl methyl sites for hydroxylation is 1. The van der Waals surface area contributed by atoms with Gasteiger partial charge in [0.25, 0.3) is 10.0 Å². The maximum absolute atomic E-state index is 12.5. The lowest BCUT2D eigenvalue weighted by Crippen LogP contribution is -2.16. The molecule has 0 aliphatic carbocycles. The van der Waals surface area contributed by atoms with Crippen molar-refractivity contribution in [3.63, 3.8) is 0 Å². The van der Waals surface area contributed by atoms with E-state index in [0.29, 0.717) is 18.8 Å². The highest BCUT2D eigenvalue weighted by Gasteiger charge is 2.26. The van der Waals surface area contributed by atoms with Crippen molar-refractivity contribution in [1.29, 1.82) is 0 Å². The first-order chi connectivity index (χ1) is 9.54. The lowest BCUT2D eigenvalue weighted by Gasteiger charge is -2.05. The quantitative estimate of drug-likeness (QED) is 0.872. The van der Waals surface area contributed by atoms with Gasteiger partial charge in [0, 0.05) is 24.8 Å². The topological polar surface area (TPSA) is 81.8 Å². The Morgan fingerprint density at radius 3 is 2.95 bits per heavy atom. The Morgan fingerprint density at radius 2 is 2.25 bits per heavy atom. The van der Waals surface area contributed by atoms with Gasteiger partial charge in [-0.25, -0.2) is 4.39 Å². The van der Waals surface area contributed by atoms with Crippen LogP contribution in [0.1, 0.15) is 17.0 Å². The van der Waals surface area contributed by atoms with E-state index in [-0.39, 0.29) is 11.4 Å². The Bertz CT molecular complexity index is 727. The van der Waals surface area contributed by atoms with Gasteiger partial charge in [-0.15, -0.1) is 0 Å². The molecule has 0 bridgehead atoms.